The van der Waals surface area contributed by atoms with Crippen LogP contribution in [-0.2, 0) is 26.5 Å². The van der Waals surface area contributed by atoms with Gasteiger partial charge in [-0.1, -0.05) is 92.8 Å². The summed E-state index contributed by atoms with van der Waals surface area (Å²) in [5.41, 5.74) is 5.56. The smallest absolute Gasteiger partial charge is 0.121 e. The molecule has 0 saturated heterocycles. The Bertz CT molecular complexity index is 1810. The van der Waals surface area contributed by atoms with E-state index in [0.717, 1.165) is 29.0 Å². The number of rotatable bonds is 5. The van der Waals surface area contributed by atoms with Gasteiger partial charge >= 0.3 is 0 Å². The van der Waals surface area contributed by atoms with Gasteiger partial charge in [0.2, 0.25) is 0 Å². The van der Waals surface area contributed by atoms with E-state index >= 15 is 4.39 Å². The van der Waals surface area contributed by atoms with Crippen molar-refractivity contribution in [3.05, 3.63) is 115 Å². The van der Waals surface area contributed by atoms with Gasteiger partial charge in [0.15, 0.2) is 0 Å². The molecule has 3 aromatic heterocycles. The van der Waals surface area contributed by atoms with Crippen LogP contribution in [0.5, 0.6) is 0 Å². The summed E-state index contributed by atoms with van der Waals surface area (Å²) in [6.45, 7) is 7.00. The molecule has 0 amide bonds. The summed E-state index contributed by atoms with van der Waals surface area (Å²) in [4.78, 5) is 8.93. The third-order valence-corrected chi connectivity index (χ3v) is 10.1. The van der Waals surface area contributed by atoms with Crippen LogP contribution in [0.25, 0.3) is 44.5 Å². The fraction of sp³-hybridized carbons (Fsp3) is 0.243. The molecule has 3 nitrogen and oxygen atoms in total. The summed E-state index contributed by atoms with van der Waals surface area (Å²) in [5.74, 6) is 0.442. The van der Waals surface area contributed by atoms with Crippen molar-refractivity contribution in [1.29, 1.82) is 0 Å². The first-order chi connectivity index (χ1) is 20.4. The molecule has 1 radical (unpaired) electrons. The quantitative estimate of drug-likeness (QED) is 0.130. The molecule has 1 saturated carbocycles. The van der Waals surface area contributed by atoms with Crippen LogP contribution < -0.4 is 5.19 Å². The zero-order valence-electron chi connectivity index (χ0n) is 24.8. The second-order valence-electron chi connectivity index (χ2n) is 12.2. The first kappa shape index (κ1) is 31.0. The van der Waals surface area contributed by atoms with Gasteiger partial charge in [0.1, 0.15) is 5.58 Å². The van der Waals surface area contributed by atoms with Crippen LogP contribution in [0.4, 0.5) is 4.39 Å². The maximum atomic E-state index is 15.3. The van der Waals surface area contributed by atoms with Gasteiger partial charge in [-0.2, -0.15) is 0 Å². The molecule has 43 heavy (non-hydrogen) atoms. The molecule has 221 valence electrons. The van der Waals surface area contributed by atoms with E-state index < -0.39 is 8.07 Å². The maximum Gasteiger partial charge on any atom is 0.121 e. The second-order valence-corrected chi connectivity index (χ2v) is 17.3. The predicted molar refractivity (Wildman–Crippen MR) is 173 cm³/mol. The Morgan fingerprint density at radius 3 is 2.40 bits per heavy atom. The summed E-state index contributed by atoms with van der Waals surface area (Å²) >= 11 is 0. The molecular formula is C37H35FIrN2OSi-2. The van der Waals surface area contributed by atoms with E-state index in [9.17, 15) is 0 Å². The molecule has 7 rings (SSSR count). The molecular weight excluding hydrogens is 728 g/mol. The number of nitrogens with zero attached hydrogens (tertiary/aromatic N) is 2. The minimum Gasteiger partial charge on any atom is -0.500 e. The number of hydrogen-bond acceptors (Lipinski definition) is 3. The maximum absolute atomic E-state index is 15.3. The second kappa shape index (κ2) is 13.5. The number of furan rings is 1. The van der Waals surface area contributed by atoms with Crippen LogP contribution in [0.2, 0.25) is 19.6 Å². The van der Waals surface area contributed by atoms with Gasteiger partial charge in [0.25, 0.3) is 0 Å². The molecule has 0 N–H and O–H groups in total. The normalized spacial score (nSPS) is 13.5. The molecule has 1 fully saturated rings. The fourth-order valence-corrected chi connectivity index (χ4v) is 6.78. The molecule has 0 aliphatic heterocycles. The predicted octanol–water partition coefficient (Wildman–Crippen LogP) is 9.41. The number of halogens is 1. The average Bonchev–Trinajstić information content (AvgIpc) is 3.66. The van der Waals surface area contributed by atoms with Gasteiger partial charge in [-0.15, -0.1) is 48.0 Å². The van der Waals surface area contributed by atoms with Gasteiger partial charge in [-0.3, -0.25) is 4.39 Å². The molecule has 0 unspecified atom stereocenters. The number of hydrogen-bond donors (Lipinski definition) is 0. The Morgan fingerprint density at radius 1 is 0.884 bits per heavy atom. The van der Waals surface area contributed by atoms with E-state index in [0.29, 0.717) is 27.8 Å². The molecule has 3 heterocycles. The molecule has 1 aliphatic rings. The summed E-state index contributed by atoms with van der Waals surface area (Å²) in [6.07, 6.45) is 10.1. The van der Waals surface area contributed by atoms with E-state index in [1.54, 1.807) is 12.3 Å². The summed E-state index contributed by atoms with van der Waals surface area (Å²) < 4.78 is 21.1. The minimum absolute atomic E-state index is 0. The average molecular weight is 763 g/mol. The summed E-state index contributed by atoms with van der Waals surface area (Å²) in [7, 11) is -1.23. The molecule has 6 aromatic rings. The van der Waals surface area contributed by atoms with Crippen molar-refractivity contribution in [1.82, 2.24) is 9.97 Å². The van der Waals surface area contributed by atoms with Crippen LogP contribution in [0.15, 0.2) is 95.7 Å². The van der Waals surface area contributed by atoms with Crippen molar-refractivity contribution >= 4 is 35.2 Å². The first-order valence-corrected chi connectivity index (χ1v) is 18.3. The van der Waals surface area contributed by atoms with Crippen molar-refractivity contribution in [2.45, 2.75) is 51.7 Å². The van der Waals surface area contributed by atoms with E-state index in [1.165, 1.54) is 36.4 Å². The first-order valence-electron chi connectivity index (χ1n) is 14.8. The molecule has 0 spiro atoms. The number of aromatic nitrogens is 2. The number of para-hydroxylation sites is 1. The Labute approximate surface area is 268 Å². The molecule has 6 heteroatoms. The van der Waals surface area contributed by atoms with Gasteiger partial charge in [0, 0.05) is 43.7 Å². The Balaban J connectivity index is 0.000000188. The SMILES string of the molecule is C[Si](C)(C)c1ccc(-c2[c-]cccc2)nc1.Fc1c(-c2cc(CC3CCCC3)ccn2)[c-]cc2oc3ccccc3c12.[Ir]. The van der Waals surface area contributed by atoms with Gasteiger partial charge in [0.05, 0.1) is 13.7 Å². The van der Waals surface area contributed by atoms with Crippen molar-refractivity contribution in [3.63, 3.8) is 0 Å². The largest absolute Gasteiger partial charge is 0.500 e. The van der Waals surface area contributed by atoms with E-state index in [-0.39, 0.29) is 25.9 Å². The monoisotopic (exact) mass is 763 g/mol. The zero-order valence-corrected chi connectivity index (χ0v) is 28.2. The molecule has 3 aromatic carbocycles. The molecule has 0 bridgehead atoms. The van der Waals surface area contributed by atoms with Crippen molar-refractivity contribution < 1.29 is 28.9 Å². The van der Waals surface area contributed by atoms with Gasteiger partial charge in [-0.05, 0) is 46.4 Å². The van der Waals surface area contributed by atoms with Crippen LogP contribution in [0, 0.1) is 23.9 Å². The van der Waals surface area contributed by atoms with Crippen molar-refractivity contribution in [2.24, 2.45) is 5.92 Å². The Morgan fingerprint density at radius 2 is 1.67 bits per heavy atom. The van der Waals surface area contributed by atoms with Gasteiger partial charge < -0.3 is 14.4 Å². The summed E-state index contributed by atoms with van der Waals surface area (Å²) in [5, 5.41) is 2.70. The van der Waals surface area contributed by atoms with Crippen molar-refractivity contribution in [3.8, 4) is 22.5 Å². The molecule has 0 atom stereocenters. The Kier molecular flexibility index (Phi) is 9.70. The van der Waals surface area contributed by atoms with Crippen LogP contribution in [0.1, 0.15) is 31.2 Å². The van der Waals surface area contributed by atoms with Crippen molar-refractivity contribution in [2.75, 3.05) is 0 Å². The number of pyridine rings is 2. The topological polar surface area (TPSA) is 38.9 Å². The number of fused-ring (bicyclic) bond motifs is 3. The molecule has 1 aliphatic carbocycles. The third-order valence-electron chi connectivity index (χ3n) is 8.10. The van der Waals surface area contributed by atoms with Gasteiger partial charge in [-0.25, -0.2) is 0 Å². The fourth-order valence-electron chi connectivity index (χ4n) is 5.74. The van der Waals surface area contributed by atoms with Crippen LogP contribution >= 0.6 is 0 Å². The van der Waals surface area contributed by atoms with E-state index in [4.69, 9.17) is 4.42 Å². The minimum atomic E-state index is -1.23. The summed E-state index contributed by atoms with van der Waals surface area (Å²) in [6, 6.07) is 31.8. The zero-order chi connectivity index (χ0) is 29.1. The van der Waals surface area contributed by atoms with Crippen LogP contribution in [-0.4, -0.2) is 18.0 Å². The van der Waals surface area contributed by atoms with E-state index in [1.807, 2.05) is 66.9 Å². The third kappa shape index (κ3) is 7.04. The van der Waals surface area contributed by atoms with Crippen LogP contribution in [0.3, 0.4) is 0 Å². The standard InChI is InChI=1S/C23H19FNO.C14H16NSi.Ir/c24-23-17(9-10-21-22(23)18-7-3-4-8-20(18)26-21)19-14-16(11-12-25-19)13-15-5-1-2-6-15;1-16(2,3)13-9-10-14(15-11-13)12-7-5-4-6-8-12;/h3-4,7-8,10-12,14-15H,1-2,5-6,13H2;4-7,9-11H,1-3H3;/q2*-1;. The number of benzene rings is 3. The Hall–Kier alpha value is -3.44. The van der Waals surface area contributed by atoms with E-state index in [2.05, 4.69) is 53.9 Å².